The minimum absolute atomic E-state index is 0.115. The van der Waals surface area contributed by atoms with Crippen LogP contribution in [0.3, 0.4) is 0 Å². The zero-order chi connectivity index (χ0) is 15.4. The summed E-state index contributed by atoms with van der Waals surface area (Å²) in [5.41, 5.74) is 6.41. The van der Waals surface area contributed by atoms with E-state index < -0.39 is 10.8 Å². The Bertz CT molecular complexity index is 673. The molecule has 7 heteroatoms. The van der Waals surface area contributed by atoms with E-state index in [9.17, 15) is 14.9 Å². The molecule has 3 N–H and O–H groups in total. The van der Waals surface area contributed by atoms with Crippen LogP contribution in [-0.4, -0.2) is 15.8 Å². The molecule has 0 fully saturated rings. The zero-order valence-electron chi connectivity index (χ0n) is 11.3. The summed E-state index contributed by atoms with van der Waals surface area (Å²) in [4.78, 5) is 25.8. The molecule has 0 spiro atoms. The topological polar surface area (TPSA) is 111 Å². The number of anilines is 1. The second-order valence-electron chi connectivity index (χ2n) is 4.51. The van der Waals surface area contributed by atoms with Crippen LogP contribution in [0.5, 0.6) is 0 Å². The Hall–Kier alpha value is -2.96. The van der Waals surface area contributed by atoms with E-state index in [1.165, 1.54) is 18.2 Å². The maximum Gasteiger partial charge on any atom is 0.292 e. The molecule has 108 valence electrons. The van der Waals surface area contributed by atoms with Crippen LogP contribution in [0.1, 0.15) is 28.9 Å². The second kappa shape index (κ2) is 6.00. The highest BCUT2D eigenvalue weighted by molar-refractivity contribution is 5.94. The van der Waals surface area contributed by atoms with Crippen LogP contribution in [0.15, 0.2) is 42.7 Å². The van der Waals surface area contributed by atoms with Crippen molar-refractivity contribution in [3.63, 3.8) is 0 Å². The Morgan fingerprint density at radius 3 is 2.76 bits per heavy atom. The number of primary amides is 1. The summed E-state index contributed by atoms with van der Waals surface area (Å²) in [7, 11) is 0. The van der Waals surface area contributed by atoms with E-state index in [0.717, 1.165) is 5.56 Å². The van der Waals surface area contributed by atoms with E-state index in [-0.39, 0.29) is 23.0 Å². The fraction of sp³-hybridized carbons (Fsp3) is 0.143. The quantitative estimate of drug-likeness (QED) is 0.646. The first-order chi connectivity index (χ1) is 9.99. The molecule has 1 aromatic carbocycles. The largest absolute Gasteiger partial charge is 0.373 e. The molecule has 1 unspecified atom stereocenters. The lowest BCUT2D eigenvalue weighted by Gasteiger charge is -2.15. The first kappa shape index (κ1) is 14.4. The van der Waals surface area contributed by atoms with Crippen LogP contribution < -0.4 is 11.1 Å². The smallest absolute Gasteiger partial charge is 0.292 e. The number of nitro benzene ring substituents is 1. The lowest BCUT2D eigenvalue weighted by atomic mass is 10.1. The second-order valence-corrected chi connectivity index (χ2v) is 4.51. The van der Waals surface area contributed by atoms with Crippen LogP contribution in [0.4, 0.5) is 11.4 Å². The first-order valence-electron chi connectivity index (χ1n) is 6.23. The number of benzene rings is 1. The van der Waals surface area contributed by atoms with E-state index in [2.05, 4.69) is 10.3 Å². The van der Waals surface area contributed by atoms with Crippen molar-refractivity contribution in [2.75, 3.05) is 5.32 Å². The molecule has 0 bridgehead atoms. The summed E-state index contributed by atoms with van der Waals surface area (Å²) < 4.78 is 0. The third-order valence-electron chi connectivity index (χ3n) is 3.03. The Kier molecular flexibility index (Phi) is 4.13. The molecule has 0 saturated heterocycles. The van der Waals surface area contributed by atoms with Crippen molar-refractivity contribution in [2.45, 2.75) is 13.0 Å². The number of hydrogen-bond acceptors (Lipinski definition) is 5. The van der Waals surface area contributed by atoms with Crippen LogP contribution in [0.25, 0.3) is 0 Å². The summed E-state index contributed by atoms with van der Waals surface area (Å²) in [6.07, 6.45) is 3.31. The molecule has 0 aliphatic carbocycles. The Morgan fingerprint density at radius 1 is 1.43 bits per heavy atom. The van der Waals surface area contributed by atoms with Gasteiger partial charge in [0.15, 0.2) is 0 Å². The summed E-state index contributed by atoms with van der Waals surface area (Å²) in [6, 6.07) is 7.41. The number of nitrogens with one attached hydrogen (secondary N) is 1. The first-order valence-corrected chi connectivity index (χ1v) is 6.23. The van der Waals surface area contributed by atoms with E-state index >= 15 is 0 Å². The number of pyridine rings is 1. The van der Waals surface area contributed by atoms with Crippen molar-refractivity contribution < 1.29 is 9.72 Å². The van der Waals surface area contributed by atoms with Crippen molar-refractivity contribution in [3.8, 4) is 0 Å². The Balaban J connectivity index is 2.35. The van der Waals surface area contributed by atoms with Gasteiger partial charge in [-0.3, -0.25) is 19.9 Å². The fourth-order valence-corrected chi connectivity index (χ4v) is 1.91. The standard InChI is InChI=1S/C14H14N4O3/c1-9(11-3-2-6-16-8-11)17-12-7-10(14(15)19)4-5-13(12)18(20)21/h2-9,17H,1H3,(H2,15,19). The molecule has 1 amide bonds. The lowest BCUT2D eigenvalue weighted by molar-refractivity contribution is -0.384. The van der Waals surface area contributed by atoms with Crippen LogP contribution in [0, 0.1) is 10.1 Å². The van der Waals surface area contributed by atoms with Gasteiger partial charge < -0.3 is 11.1 Å². The van der Waals surface area contributed by atoms with E-state index in [0.29, 0.717) is 0 Å². The molecular weight excluding hydrogens is 272 g/mol. The van der Waals surface area contributed by atoms with Gasteiger partial charge in [-0.25, -0.2) is 0 Å². The summed E-state index contributed by atoms with van der Waals surface area (Å²) in [5, 5.41) is 14.1. The Morgan fingerprint density at radius 2 is 2.19 bits per heavy atom. The summed E-state index contributed by atoms with van der Waals surface area (Å²) in [5.74, 6) is -0.637. The molecule has 21 heavy (non-hydrogen) atoms. The SMILES string of the molecule is CC(Nc1cc(C(N)=O)ccc1[N+](=O)[O-])c1cccnc1. The maximum atomic E-state index is 11.2. The normalized spacial score (nSPS) is 11.7. The third-order valence-corrected chi connectivity index (χ3v) is 3.03. The predicted molar refractivity (Wildman–Crippen MR) is 77.9 cm³/mol. The van der Waals surface area contributed by atoms with E-state index in [1.807, 2.05) is 13.0 Å². The van der Waals surface area contributed by atoms with Gasteiger partial charge in [0.1, 0.15) is 5.69 Å². The van der Waals surface area contributed by atoms with Gasteiger partial charge in [-0.1, -0.05) is 6.07 Å². The average Bonchev–Trinajstić information content (AvgIpc) is 2.47. The van der Waals surface area contributed by atoms with Crippen LogP contribution in [0.2, 0.25) is 0 Å². The van der Waals surface area contributed by atoms with Crippen LogP contribution in [-0.2, 0) is 0 Å². The number of nitro groups is 1. The highest BCUT2D eigenvalue weighted by atomic mass is 16.6. The number of carbonyl (C=O) groups is 1. The molecule has 2 rings (SSSR count). The molecule has 1 aromatic heterocycles. The van der Waals surface area contributed by atoms with Gasteiger partial charge in [0.05, 0.1) is 11.0 Å². The molecule has 1 atom stereocenters. The van der Waals surface area contributed by atoms with Gasteiger partial charge in [-0.2, -0.15) is 0 Å². The van der Waals surface area contributed by atoms with Gasteiger partial charge in [0.2, 0.25) is 5.91 Å². The number of rotatable bonds is 5. The summed E-state index contributed by atoms with van der Waals surface area (Å²) in [6.45, 7) is 1.84. The van der Waals surface area contributed by atoms with Gasteiger partial charge in [-0.05, 0) is 30.7 Å². The van der Waals surface area contributed by atoms with Crippen molar-refractivity contribution in [3.05, 3.63) is 64.0 Å². The van der Waals surface area contributed by atoms with Crippen LogP contribution >= 0.6 is 0 Å². The van der Waals surface area contributed by atoms with Gasteiger partial charge in [0, 0.05) is 24.0 Å². The molecule has 0 saturated carbocycles. The third kappa shape index (κ3) is 3.33. The number of aromatic nitrogens is 1. The van der Waals surface area contributed by atoms with Gasteiger partial charge >= 0.3 is 0 Å². The number of nitrogens with two attached hydrogens (primary N) is 1. The molecule has 0 aliphatic rings. The molecule has 0 aliphatic heterocycles. The van der Waals surface area contributed by atoms with Crippen molar-refractivity contribution >= 4 is 17.3 Å². The van der Waals surface area contributed by atoms with E-state index in [4.69, 9.17) is 5.73 Å². The minimum Gasteiger partial charge on any atom is -0.373 e. The Labute approximate surface area is 121 Å². The molecule has 7 nitrogen and oxygen atoms in total. The van der Waals surface area contributed by atoms with Gasteiger partial charge in [0.25, 0.3) is 5.69 Å². The molecule has 0 radical (unpaired) electrons. The number of carbonyl (C=O) groups excluding carboxylic acids is 1. The van der Waals surface area contributed by atoms with Crippen molar-refractivity contribution in [2.24, 2.45) is 5.73 Å². The summed E-state index contributed by atoms with van der Waals surface area (Å²) >= 11 is 0. The van der Waals surface area contributed by atoms with Crippen molar-refractivity contribution in [1.82, 2.24) is 4.98 Å². The molecule has 2 aromatic rings. The lowest BCUT2D eigenvalue weighted by Crippen LogP contribution is -2.13. The highest BCUT2D eigenvalue weighted by Crippen LogP contribution is 2.29. The molecular formula is C14H14N4O3. The number of nitrogens with zero attached hydrogens (tertiary/aromatic N) is 2. The minimum atomic E-state index is -0.637. The zero-order valence-corrected chi connectivity index (χ0v) is 11.3. The monoisotopic (exact) mass is 286 g/mol. The fourth-order valence-electron chi connectivity index (χ4n) is 1.91. The molecule has 1 heterocycles. The number of hydrogen-bond donors (Lipinski definition) is 2. The van der Waals surface area contributed by atoms with E-state index in [1.54, 1.807) is 18.5 Å². The number of amides is 1. The maximum absolute atomic E-state index is 11.2. The van der Waals surface area contributed by atoms with Crippen molar-refractivity contribution in [1.29, 1.82) is 0 Å². The highest BCUT2D eigenvalue weighted by Gasteiger charge is 2.18. The average molecular weight is 286 g/mol. The van der Waals surface area contributed by atoms with Gasteiger partial charge in [-0.15, -0.1) is 0 Å². The predicted octanol–water partition coefficient (Wildman–Crippen LogP) is 2.26.